The summed E-state index contributed by atoms with van der Waals surface area (Å²) in [5, 5.41) is 1.13. The summed E-state index contributed by atoms with van der Waals surface area (Å²) in [5.74, 6) is 0.842. The molecule has 0 saturated carbocycles. The van der Waals surface area contributed by atoms with Gasteiger partial charge in [0.15, 0.2) is 0 Å². The number of H-pyrrole nitrogens is 1. The molecule has 3 heterocycles. The highest BCUT2D eigenvalue weighted by molar-refractivity contribution is 5.85. The maximum Gasteiger partial charge on any atom is 0.119 e. The number of aromatic nitrogens is 4. The number of rotatable bonds is 4. The Morgan fingerprint density at radius 1 is 1.17 bits per heavy atom. The van der Waals surface area contributed by atoms with E-state index in [0.29, 0.717) is 0 Å². The average molecular weight is 304 g/mol. The molecule has 0 bridgehead atoms. The van der Waals surface area contributed by atoms with Gasteiger partial charge in [0.25, 0.3) is 0 Å². The molecule has 1 aromatic carbocycles. The summed E-state index contributed by atoms with van der Waals surface area (Å²) in [5.41, 5.74) is 3.34. The van der Waals surface area contributed by atoms with Crippen LogP contribution in [-0.2, 0) is 0 Å². The molecule has 4 rings (SSSR count). The number of nitrogens with zero attached hydrogens (tertiary/aromatic N) is 3. The molecule has 5 nitrogen and oxygen atoms in total. The van der Waals surface area contributed by atoms with Crippen molar-refractivity contribution in [2.75, 3.05) is 7.11 Å². The number of benzene rings is 1. The van der Waals surface area contributed by atoms with Crippen LogP contribution in [-0.4, -0.2) is 26.6 Å². The van der Waals surface area contributed by atoms with Crippen molar-refractivity contribution in [1.29, 1.82) is 0 Å². The van der Waals surface area contributed by atoms with Gasteiger partial charge in [-0.2, -0.15) is 0 Å². The van der Waals surface area contributed by atoms with Gasteiger partial charge in [0.05, 0.1) is 19.5 Å². The number of pyridine rings is 1. The van der Waals surface area contributed by atoms with Crippen molar-refractivity contribution in [1.82, 2.24) is 19.5 Å². The van der Waals surface area contributed by atoms with E-state index in [1.807, 2.05) is 43.1 Å². The maximum absolute atomic E-state index is 5.38. The third-order valence-electron chi connectivity index (χ3n) is 4.04. The molecule has 114 valence electrons. The molecule has 4 aromatic rings. The molecule has 23 heavy (non-hydrogen) atoms. The van der Waals surface area contributed by atoms with Crippen molar-refractivity contribution in [2.45, 2.75) is 6.04 Å². The molecule has 0 saturated heterocycles. The molecule has 1 N–H and O–H groups in total. The van der Waals surface area contributed by atoms with Gasteiger partial charge in [-0.05, 0) is 29.8 Å². The van der Waals surface area contributed by atoms with Crippen LogP contribution in [0.1, 0.15) is 17.2 Å². The molecule has 3 aromatic heterocycles. The zero-order valence-corrected chi connectivity index (χ0v) is 12.7. The quantitative estimate of drug-likeness (QED) is 0.628. The lowest BCUT2D eigenvalue weighted by Crippen LogP contribution is -2.10. The summed E-state index contributed by atoms with van der Waals surface area (Å²) >= 11 is 0. The number of aromatic amines is 1. The zero-order chi connectivity index (χ0) is 15.6. The Kier molecular flexibility index (Phi) is 3.31. The first-order valence-electron chi connectivity index (χ1n) is 7.39. The largest absolute Gasteiger partial charge is 0.497 e. The van der Waals surface area contributed by atoms with Crippen molar-refractivity contribution in [3.63, 3.8) is 0 Å². The van der Waals surface area contributed by atoms with Crippen molar-refractivity contribution < 1.29 is 4.74 Å². The molecule has 0 radical (unpaired) electrons. The second-order valence-corrected chi connectivity index (χ2v) is 5.35. The van der Waals surface area contributed by atoms with E-state index in [1.54, 1.807) is 19.5 Å². The van der Waals surface area contributed by atoms with Gasteiger partial charge >= 0.3 is 0 Å². The highest BCUT2D eigenvalue weighted by atomic mass is 16.5. The van der Waals surface area contributed by atoms with E-state index in [4.69, 9.17) is 4.74 Å². The summed E-state index contributed by atoms with van der Waals surface area (Å²) < 4.78 is 7.46. The van der Waals surface area contributed by atoms with Crippen molar-refractivity contribution >= 4 is 10.9 Å². The molecule has 5 heteroatoms. The lowest BCUT2D eigenvalue weighted by Gasteiger charge is -2.18. The van der Waals surface area contributed by atoms with Crippen LogP contribution in [0.5, 0.6) is 5.75 Å². The molecule has 0 aliphatic rings. The monoisotopic (exact) mass is 304 g/mol. The minimum Gasteiger partial charge on any atom is -0.497 e. The summed E-state index contributed by atoms with van der Waals surface area (Å²) in [7, 11) is 1.68. The van der Waals surface area contributed by atoms with E-state index in [0.717, 1.165) is 27.8 Å². The first-order valence-corrected chi connectivity index (χ1v) is 7.39. The minimum absolute atomic E-state index is 0.00653. The number of imidazole rings is 1. The number of fused-ring (bicyclic) bond motifs is 1. The Morgan fingerprint density at radius 2 is 2.13 bits per heavy atom. The SMILES string of the molecule is COc1ccc2[nH]cc(C(c3cccnc3)n3ccnc3)c2c1. The third kappa shape index (κ3) is 2.36. The average Bonchev–Trinajstić information content (AvgIpc) is 3.26. The normalized spacial score (nSPS) is 12.4. The van der Waals surface area contributed by atoms with Crippen LogP contribution in [0.15, 0.2) is 67.6 Å². The highest BCUT2D eigenvalue weighted by Crippen LogP contribution is 2.33. The standard InChI is InChI=1S/C18H16N4O/c1-23-14-4-5-17-15(9-14)16(11-21-17)18(22-8-7-20-12-22)13-3-2-6-19-10-13/h2-12,18,21H,1H3. The first-order chi connectivity index (χ1) is 11.4. The predicted octanol–water partition coefficient (Wildman–Crippen LogP) is 3.41. The molecular formula is C18H16N4O. The van der Waals surface area contributed by atoms with E-state index in [2.05, 4.69) is 31.7 Å². The zero-order valence-electron chi connectivity index (χ0n) is 12.7. The molecule has 0 aliphatic heterocycles. The topological polar surface area (TPSA) is 55.7 Å². The number of methoxy groups -OCH3 is 1. The fourth-order valence-corrected chi connectivity index (χ4v) is 2.95. The van der Waals surface area contributed by atoms with E-state index < -0.39 is 0 Å². The van der Waals surface area contributed by atoms with Gasteiger partial charge in [-0.25, -0.2) is 4.98 Å². The van der Waals surface area contributed by atoms with Gasteiger partial charge < -0.3 is 14.3 Å². The minimum atomic E-state index is 0.00653. The smallest absolute Gasteiger partial charge is 0.119 e. The molecule has 0 aliphatic carbocycles. The second kappa shape index (κ2) is 5.61. The van der Waals surface area contributed by atoms with E-state index in [9.17, 15) is 0 Å². The molecule has 0 amide bonds. The van der Waals surface area contributed by atoms with Crippen LogP contribution in [0.2, 0.25) is 0 Å². The molecule has 0 spiro atoms. The molecule has 1 atom stereocenters. The Hall–Kier alpha value is -3.08. The van der Waals surface area contributed by atoms with Crippen LogP contribution in [0.25, 0.3) is 10.9 Å². The number of hydrogen-bond donors (Lipinski definition) is 1. The van der Waals surface area contributed by atoms with E-state index in [-0.39, 0.29) is 6.04 Å². The fraction of sp³-hybridized carbons (Fsp3) is 0.111. The lowest BCUT2D eigenvalue weighted by molar-refractivity contribution is 0.415. The van der Waals surface area contributed by atoms with Crippen molar-refractivity contribution in [2.24, 2.45) is 0 Å². The van der Waals surface area contributed by atoms with Crippen LogP contribution in [0.4, 0.5) is 0 Å². The molecular weight excluding hydrogens is 288 g/mol. The Labute approximate surface area is 133 Å². The van der Waals surface area contributed by atoms with Gasteiger partial charge in [-0.15, -0.1) is 0 Å². The van der Waals surface area contributed by atoms with Gasteiger partial charge in [-0.3, -0.25) is 4.98 Å². The van der Waals surface area contributed by atoms with Crippen LogP contribution >= 0.6 is 0 Å². The van der Waals surface area contributed by atoms with Crippen molar-refractivity contribution in [3.8, 4) is 5.75 Å². The number of ether oxygens (including phenoxy) is 1. The van der Waals surface area contributed by atoms with Crippen LogP contribution in [0.3, 0.4) is 0 Å². The Bertz CT molecular complexity index is 913. The summed E-state index contributed by atoms with van der Waals surface area (Å²) in [6.45, 7) is 0. The van der Waals surface area contributed by atoms with Gasteiger partial charge in [-0.1, -0.05) is 6.07 Å². The van der Waals surface area contributed by atoms with E-state index >= 15 is 0 Å². The van der Waals surface area contributed by atoms with E-state index in [1.165, 1.54) is 0 Å². The summed E-state index contributed by atoms with van der Waals surface area (Å²) in [6, 6.07) is 10.1. The summed E-state index contributed by atoms with van der Waals surface area (Å²) in [6.07, 6.45) is 11.3. The number of nitrogens with one attached hydrogen (secondary N) is 1. The Morgan fingerprint density at radius 3 is 2.87 bits per heavy atom. The van der Waals surface area contributed by atoms with Crippen molar-refractivity contribution in [3.05, 3.63) is 78.8 Å². The number of hydrogen-bond acceptors (Lipinski definition) is 3. The summed E-state index contributed by atoms with van der Waals surface area (Å²) in [4.78, 5) is 11.8. The lowest BCUT2D eigenvalue weighted by atomic mass is 9.99. The Balaban J connectivity index is 1.94. The first kappa shape index (κ1) is 13.6. The maximum atomic E-state index is 5.38. The third-order valence-corrected chi connectivity index (χ3v) is 4.04. The fourth-order valence-electron chi connectivity index (χ4n) is 2.95. The van der Waals surface area contributed by atoms with Crippen LogP contribution < -0.4 is 4.74 Å². The highest BCUT2D eigenvalue weighted by Gasteiger charge is 2.20. The molecule has 1 unspecified atom stereocenters. The van der Waals surface area contributed by atoms with Gasteiger partial charge in [0.2, 0.25) is 0 Å². The van der Waals surface area contributed by atoms with Gasteiger partial charge in [0.1, 0.15) is 5.75 Å². The molecule has 0 fully saturated rings. The predicted molar refractivity (Wildman–Crippen MR) is 88.6 cm³/mol. The second-order valence-electron chi connectivity index (χ2n) is 5.35. The van der Waals surface area contributed by atoms with Crippen LogP contribution in [0, 0.1) is 0 Å². The van der Waals surface area contributed by atoms with Gasteiger partial charge in [0, 0.05) is 47.5 Å².